The molecule has 1 atom stereocenters. The summed E-state index contributed by atoms with van der Waals surface area (Å²) in [6.45, 7) is 6.88. The van der Waals surface area contributed by atoms with Crippen molar-refractivity contribution in [2.75, 3.05) is 44.2 Å². The zero-order chi connectivity index (χ0) is 14.5. The molecular formula is C16H26N4O. The number of piperazine rings is 1. The van der Waals surface area contributed by atoms with Crippen molar-refractivity contribution in [1.82, 2.24) is 9.88 Å². The van der Waals surface area contributed by atoms with Crippen LogP contribution < -0.4 is 10.6 Å². The van der Waals surface area contributed by atoms with Gasteiger partial charge in [-0.05, 0) is 30.9 Å². The first-order valence-corrected chi connectivity index (χ1v) is 8.09. The molecule has 1 unspecified atom stereocenters. The van der Waals surface area contributed by atoms with Crippen molar-refractivity contribution in [3.05, 3.63) is 23.9 Å². The molecule has 21 heavy (non-hydrogen) atoms. The monoisotopic (exact) mass is 290 g/mol. The minimum atomic E-state index is 0.451. The number of hydrogen-bond donors (Lipinski definition) is 1. The first kappa shape index (κ1) is 14.8. The molecule has 2 aliphatic heterocycles. The second kappa shape index (κ2) is 7.20. The second-order valence-electron chi connectivity index (χ2n) is 6.01. The van der Waals surface area contributed by atoms with Gasteiger partial charge in [-0.25, -0.2) is 4.98 Å². The van der Waals surface area contributed by atoms with Crippen LogP contribution in [0.1, 0.15) is 24.8 Å². The number of rotatable bonds is 4. The summed E-state index contributed by atoms with van der Waals surface area (Å²) in [4.78, 5) is 9.40. The minimum Gasteiger partial charge on any atom is -0.377 e. The van der Waals surface area contributed by atoms with Gasteiger partial charge in [0.1, 0.15) is 5.82 Å². The number of pyridine rings is 1. The van der Waals surface area contributed by atoms with Crippen LogP contribution in [0.25, 0.3) is 0 Å². The van der Waals surface area contributed by atoms with Crippen LogP contribution in [-0.4, -0.2) is 55.3 Å². The lowest BCUT2D eigenvalue weighted by Gasteiger charge is -2.37. The van der Waals surface area contributed by atoms with Crippen molar-refractivity contribution >= 4 is 5.82 Å². The topological polar surface area (TPSA) is 54.6 Å². The highest BCUT2D eigenvalue weighted by atomic mass is 16.5. The van der Waals surface area contributed by atoms with Crippen LogP contribution in [0.5, 0.6) is 0 Å². The van der Waals surface area contributed by atoms with Crippen molar-refractivity contribution < 1.29 is 4.74 Å². The Morgan fingerprint density at radius 3 is 2.67 bits per heavy atom. The molecule has 3 rings (SSSR count). The number of nitrogens with zero attached hydrogens (tertiary/aromatic N) is 3. The van der Waals surface area contributed by atoms with Gasteiger partial charge in [-0.2, -0.15) is 0 Å². The van der Waals surface area contributed by atoms with Gasteiger partial charge in [0.25, 0.3) is 0 Å². The largest absolute Gasteiger partial charge is 0.377 e. The number of aromatic nitrogens is 1. The maximum Gasteiger partial charge on any atom is 0.128 e. The predicted molar refractivity (Wildman–Crippen MR) is 84.4 cm³/mol. The lowest BCUT2D eigenvalue weighted by Crippen LogP contribution is -2.49. The molecule has 1 aromatic heterocycles. The van der Waals surface area contributed by atoms with Crippen LogP contribution in [0.3, 0.4) is 0 Å². The zero-order valence-corrected chi connectivity index (χ0v) is 12.7. The van der Waals surface area contributed by atoms with E-state index in [2.05, 4.69) is 26.9 Å². The summed E-state index contributed by atoms with van der Waals surface area (Å²) in [5, 5.41) is 0. The highest BCUT2D eigenvalue weighted by Gasteiger charge is 2.22. The molecule has 3 heterocycles. The van der Waals surface area contributed by atoms with Gasteiger partial charge < -0.3 is 15.4 Å². The predicted octanol–water partition coefficient (Wildman–Crippen LogP) is 1.23. The zero-order valence-electron chi connectivity index (χ0n) is 12.7. The van der Waals surface area contributed by atoms with E-state index in [1.165, 1.54) is 19.3 Å². The highest BCUT2D eigenvalue weighted by molar-refractivity contribution is 5.39. The first-order chi connectivity index (χ1) is 10.3. The van der Waals surface area contributed by atoms with E-state index >= 15 is 0 Å². The SMILES string of the molecule is NCc1ccc(N2CCN(CC3CCCCO3)CC2)nc1. The summed E-state index contributed by atoms with van der Waals surface area (Å²) in [6.07, 6.45) is 6.11. The smallest absolute Gasteiger partial charge is 0.128 e. The van der Waals surface area contributed by atoms with Crippen molar-refractivity contribution in [1.29, 1.82) is 0 Å². The molecule has 0 saturated carbocycles. The van der Waals surface area contributed by atoms with E-state index in [0.29, 0.717) is 12.6 Å². The Kier molecular flexibility index (Phi) is 5.06. The van der Waals surface area contributed by atoms with Crippen LogP contribution in [0.4, 0.5) is 5.82 Å². The molecule has 5 heteroatoms. The number of anilines is 1. The quantitative estimate of drug-likeness (QED) is 0.904. The fourth-order valence-corrected chi connectivity index (χ4v) is 3.12. The molecule has 2 aliphatic rings. The first-order valence-electron chi connectivity index (χ1n) is 8.09. The van der Waals surface area contributed by atoms with Crippen molar-refractivity contribution in [2.45, 2.75) is 31.9 Å². The summed E-state index contributed by atoms with van der Waals surface area (Å²) in [5.74, 6) is 1.07. The molecule has 0 amide bonds. The number of nitrogens with two attached hydrogens (primary N) is 1. The average molecular weight is 290 g/mol. The third-order valence-electron chi connectivity index (χ3n) is 4.48. The average Bonchev–Trinajstić information content (AvgIpc) is 2.57. The lowest BCUT2D eigenvalue weighted by atomic mass is 10.1. The van der Waals surface area contributed by atoms with Gasteiger partial charge in [0.2, 0.25) is 0 Å². The Labute approximate surface area is 127 Å². The van der Waals surface area contributed by atoms with E-state index < -0.39 is 0 Å². The molecule has 0 bridgehead atoms. The van der Waals surface area contributed by atoms with Gasteiger partial charge in [0.15, 0.2) is 0 Å². The van der Waals surface area contributed by atoms with Crippen molar-refractivity contribution in [3.8, 4) is 0 Å². The molecule has 0 aromatic carbocycles. The van der Waals surface area contributed by atoms with E-state index in [0.717, 1.165) is 50.7 Å². The standard InChI is InChI=1S/C16H26N4O/c17-11-14-4-5-16(18-12-14)20-8-6-19(7-9-20)13-15-3-1-2-10-21-15/h4-5,12,15H,1-3,6-11,13,17H2. The molecule has 2 saturated heterocycles. The van der Waals surface area contributed by atoms with E-state index in [-0.39, 0.29) is 0 Å². The molecule has 1 aromatic rings. The molecule has 5 nitrogen and oxygen atoms in total. The molecule has 0 radical (unpaired) electrons. The van der Waals surface area contributed by atoms with E-state index in [4.69, 9.17) is 10.5 Å². The fraction of sp³-hybridized carbons (Fsp3) is 0.688. The van der Waals surface area contributed by atoms with Crippen LogP contribution in [0.2, 0.25) is 0 Å². The summed E-state index contributed by atoms with van der Waals surface area (Å²) in [6, 6.07) is 4.16. The lowest BCUT2D eigenvalue weighted by molar-refractivity contribution is -0.00646. The van der Waals surface area contributed by atoms with Crippen molar-refractivity contribution in [3.63, 3.8) is 0 Å². The van der Waals surface area contributed by atoms with Gasteiger partial charge in [0, 0.05) is 52.1 Å². The second-order valence-corrected chi connectivity index (χ2v) is 6.01. The molecular weight excluding hydrogens is 264 g/mol. The Bertz CT molecular complexity index is 422. The summed E-state index contributed by atoms with van der Waals surface area (Å²) in [5.41, 5.74) is 6.70. The maximum absolute atomic E-state index is 5.84. The maximum atomic E-state index is 5.84. The fourth-order valence-electron chi connectivity index (χ4n) is 3.12. The highest BCUT2D eigenvalue weighted by Crippen LogP contribution is 2.17. The number of ether oxygens (including phenoxy) is 1. The Morgan fingerprint density at radius 1 is 1.19 bits per heavy atom. The molecule has 116 valence electrons. The molecule has 0 aliphatic carbocycles. The third-order valence-corrected chi connectivity index (χ3v) is 4.48. The Hall–Kier alpha value is -1.17. The van der Waals surface area contributed by atoms with Gasteiger partial charge in [-0.15, -0.1) is 0 Å². The molecule has 2 N–H and O–H groups in total. The van der Waals surface area contributed by atoms with E-state index in [1.54, 1.807) is 0 Å². The van der Waals surface area contributed by atoms with Gasteiger partial charge in [-0.3, -0.25) is 4.90 Å². The minimum absolute atomic E-state index is 0.451. The normalized spacial score (nSPS) is 24.2. The van der Waals surface area contributed by atoms with Crippen LogP contribution in [0.15, 0.2) is 18.3 Å². The number of hydrogen-bond acceptors (Lipinski definition) is 5. The van der Waals surface area contributed by atoms with E-state index in [9.17, 15) is 0 Å². The third kappa shape index (κ3) is 3.93. The van der Waals surface area contributed by atoms with Gasteiger partial charge in [0.05, 0.1) is 6.10 Å². The van der Waals surface area contributed by atoms with E-state index in [1.807, 2.05) is 6.20 Å². The summed E-state index contributed by atoms with van der Waals surface area (Å²) >= 11 is 0. The molecule has 0 spiro atoms. The van der Waals surface area contributed by atoms with Crippen LogP contribution in [0, 0.1) is 0 Å². The molecule has 2 fully saturated rings. The van der Waals surface area contributed by atoms with Gasteiger partial charge >= 0.3 is 0 Å². The Balaban J connectivity index is 1.47. The van der Waals surface area contributed by atoms with Crippen LogP contribution >= 0.6 is 0 Å². The summed E-state index contributed by atoms with van der Waals surface area (Å²) in [7, 11) is 0. The van der Waals surface area contributed by atoms with Gasteiger partial charge in [-0.1, -0.05) is 6.07 Å². The Morgan fingerprint density at radius 2 is 2.05 bits per heavy atom. The summed E-state index contributed by atoms with van der Waals surface area (Å²) < 4.78 is 5.84. The van der Waals surface area contributed by atoms with Crippen molar-refractivity contribution in [2.24, 2.45) is 5.73 Å². The van der Waals surface area contributed by atoms with Crippen LogP contribution in [-0.2, 0) is 11.3 Å².